The monoisotopic (exact) mass is 253 g/mol. The van der Waals surface area contributed by atoms with Gasteiger partial charge in [0, 0.05) is 29.4 Å². The van der Waals surface area contributed by atoms with Crippen LogP contribution in [0.3, 0.4) is 0 Å². The number of anilines is 1. The molecule has 2 rings (SSSR count). The van der Waals surface area contributed by atoms with Gasteiger partial charge >= 0.3 is 0 Å². The van der Waals surface area contributed by atoms with Gasteiger partial charge in [0.1, 0.15) is 0 Å². The van der Waals surface area contributed by atoms with Crippen molar-refractivity contribution in [2.75, 3.05) is 18.0 Å². The third-order valence-corrected chi connectivity index (χ3v) is 3.82. The van der Waals surface area contributed by atoms with Crippen molar-refractivity contribution in [3.8, 4) is 0 Å². The van der Waals surface area contributed by atoms with Crippen LogP contribution >= 0.6 is 11.6 Å². The Morgan fingerprint density at radius 2 is 1.94 bits per heavy atom. The summed E-state index contributed by atoms with van der Waals surface area (Å²) in [6, 6.07) is 5.86. The van der Waals surface area contributed by atoms with Crippen molar-refractivity contribution < 1.29 is 5.11 Å². The van der Waals surface area contributed by atoms with Crippen molar-refractivity contribution in [1.82, 2.24) is 0 Å². The lowest BCUT2D eigenvalue weighted by Gasteiger charge is -2.37. The first-order chi connectivity index (χ1) is 8.11. The molecule has 2 atom stereocenters. The summed E-state index contributed by atoms with van der Waals surface area (Å²) in [6.45, 7) is 6.68. The fraction of sp³-hybridized carbons (Fsp3) is 0.571. The molecule has 0 radical (unpaired) electrons. The molecule has 1 N–H and O–H groups in total. The maximum Gasteiger partial charge on any atom is 0.0716 e. The third kappa shape index (κ3) is 2.75. The molecule has 1 heterocycles. The quantitative estimate of drug-likeness (QED) is 0.874. The number of rotatable bonds is 2. The van der Waals surface area contributed by atoms with E-state index in [-0.39, 0.29) is 6.61 Å². The predicted octanol–water partition coefficient (Wildman–Crippen LogP) is 3.31. The Morgan fingerprint density at radius 3 is 2.53 bits per heavy atom. The Balaban J connectivity index is 2.30. The van der Waals surface area contributed by atoms with Crippen LogP contribution in [0.5, 0.6) is 0 Å². The average molecular weight is 254 g/mol. The second-order valence-electron chi connectivity index (χ2n) is 5.25. The predicted molar refractivity (Wildman–Crippen MR) is 72.5 cm³/mol. The number of benzene rings is 1. The van der Waals surface area contributed by atoms with Crippen LogP contribution in [0.25, 0.3) is 0 Å². The number of hydrogen-bond donors (Lipinski definition) is 1. The van der Waals surface area contributed by atoms with E-state index in [0.29, 0.717) is 16.9 Å². The van der Waals surface area contributed by atoms with Gasteiger partial charge in [-0.15, -0.1) is 0 Å². The Bertz CT molecular complexity index is 384. The maximum atomic E-state index is 9.45. The van der Waals surface area contributed by atoms with Crippen molar-refractivity contribution in [2.24, 2.45) is 11.8 Å². The van der Waals surface area contributed by atoms with Gasteiger partial charge in [-0.2, -0.15) is 0 Å². The highest BCUT2D eigenvalue weighted by molar-refractivity contribution is 6.31. The summed E-state index contributed by atoms with van der Waals surface area (Å²) >= 11 is 6.13. The second kappa shape index (κ2) is 5.28. The first-order valence-electron chi connectivity index (χ1n) is 6.25. The van der Waals surface area contributed by atoms with E-state index in [1.165, 1.54) is 6.42 Å². The molecule has 17 heavy (non-hydrogen) atoms. The summed E-state index contributed by atoms with van der Waals surface area (Å²) in [5.41, 5.74) is 1.95. The number of piperidine rings is 1. The minimum Gasteiger partial charge on any atom is -0.392 e. The van der Waals surface area contributed by atoms with Crippen molar-refractivity contribution in [2.45, 2.75) is 26.9 Å². The molecule has 0 aromatic heterocycles. The van der Waals surface area contributed by atoms with E-state index >= 15 is 0 Å². The van der Waals surface area contributed by atoms with Gasteiger partial charge in [0.2, 0.25) is 0 Å². The molecular weight excluding hydrogens is 234 g/mol. The minimum absolute atomic E-state index is 0.00820. The van der Waals surface area contributed by atoms with Crippen LogP contribution in [0, 0.1) is 11.8 Å². The smallest absolute Gasteiger partial charge is 0.0716 e. The topological polar surface area (TPSA) is 23.5 Å². The lowest BCUT2D eigenvalue weighted by atomic mass is 9.91. The minimum atomic E-state index is 0.00820. The van der Waals surface area contributed by atoms with Gasteiger partial charge in [-0.1, -0.05) is 31.5 Å². The van der Waals surface area contributed by atoms with Gasteiger partial charge in [-0.3, -0.25) is 0 Å². The molecule has 1 aliphatic heterocycles. The van der Waals surface area contributed by atoms with E-state index in [9.17, 15) is 5.11 Å². The number of halogens is 1. The molecule has 3 heteroatoms. The van der Waals surface area contributed by atoms with Gasteiger partial charge in [0.25, 0.3) is 0 Å². The van der Waals surface area contributed by atoms with Crippen molar-refractivity contribution in [3.63, 3.8) is 0 Å². The lowest BCUT2D eigenvalue weighted by molar-refractivity contribution is 0.281. The molecule has 0 aliphatic carbocycles. The summed E-state index contributed by atoms with van der Waals surface area (Å²) in [5, 5.41) is 10.1. The molecule has 1 fully saturated rings. The number of aliphatic hydroxyl groups excluding tert-OH is 1. The van der Waals surface area contributed by atoms with E-state index in [2.05, 4.69) is 24.8 Å². The van der Waals surface area contributed by atoms with Crippen LogP contribution in [-0.2, 0) is 6.61 Å². The third-order valence-electron chi connectivity index (χ3n) is 3.46. The molecule has 0 spiro atoms. The largest absolute Gasteiger partial charge is 0.392 e. The van der Waals surface area contributed by atoms with Crippen molar-refractivity contribution >= 4 is 17.3 Å². The first-order valence-corrected chi connectivity index (χ1v) is 6.62. The highest BCUT2D eigenvalue weighted by Crippen LogP contribution is 2.32. The molecule has 1 aromatic carbocycles. The number of hydrogen-bond acceptors (Lipinski definition) is 2. The lowest BCUT2D eigenvalue weighted by Crippen LogP contribution is -2.39. The molecule has 2 nitrogen and oxygen atoms in total. The van der Waals surface area contributed by atoms with Gasteiger partial charge in [-0.05, 0) is 30.4 Å². The Morgan fingerprint density at radius 1 is 1.29 bits per heavy atom. The van der Waals surface area contributed by atoms with Crippen LogP contribution in [0.15, 0.2) is 18.2 Å². The van der Waals surface area contributed by atoms with Gasteiger partial charge < -0.3 is 10.0 Å². The Kier molecular flexibility index (Phi) is 3.95. The molecule has 0 saturated carbocycles. The number of aliphatic hydroxyl groups is 1. The normalized spacial score (nSPS) is 25.1. The summed E-state index contributed by atoms with van der Waals surface area (Å²) in [7, 11) is 0. The van der Waals surface area contributed by atoms with Crippen LogP contribution in [-0.4, -0.2) is 18.2 Å². The summed E-state index contributed by atoms with van der Waals surface area (Å²) in [5.74, 6) is 1.40. The Hall–Kier alpha value is -0.730. The molecular formula is C14H20ClNO. The second-order valence-corrected chi connectivity index (χ2v) is 5.65. The molecule has 1 aliphatic rings. The molecule has 2 unspecified atom stereocenters. The van der Waals surface area contributed by atoms with Gasteiger partial charge in [-0.25, -0.2) is 0 Å². The standard InChI is InChI=1S/C14H20ClNO/c1-10-6-11(2)8-16(7-10)14-5-3-4-13(15)12(14)9-17/h3-5,10-11,17H,6-9H2,1-2H3. The maximum absolute atomic E-state index is 9.45. The summed E-state index contributed by atoms with van der Waals surface area (Å²) < 4.78 is 0. The molecule has 0 bridgehead atoms. The average Bonchev–Trinajstić information content (AvgIpc) is 2.27. The van der Waals surface area contributed by atoms with Crippen molar-refractivity contribution in [3.05, 3.63) is 28.8 Å². The molecule has 94 valence electrons. The zero-order valence-corrected chi connectivity index (χ0v) is 11.2. The highest BCUT2D eigenvalue weighted by Gasteiger charge is 2.23. The molecule has 1 aromatic rings. The van der Waals surface area contributed by atoms with Crippen molar-refractivity contribution in [1.29, 1.82) is 0 Å². The zero-order valence-electron chi connectivity index (χ0n) is 10.5. The first kappa shape index (κ1) is 12.7. The van der Waals surface area contributed by atoms with Gasteiger partial charge in [0.05, 0.1) is 6.61 Å². The zero-order chi connectivity index (χ0) is 12.4. The number of nitrogens with zero attached hydrogens (tertiary/aromatic N) is 1. The van der Waals surface area contributed by atoms with E-state index in [1.807, 2.05) is 12.1 Å². The van der Waals surface area contributed by atoms with Crippen LogP contribution in [0.4, 0.5) is 5.69 Å². The van der Waals surface area contributed by atoms with Crippen LogP contribution in [0.2, 0.25) is 5.02 Å². The van der Waals surface area contributed by atoms with E-state index < -0.39 is 0 Å². The molecule has 0 amide bonds. The fourth-order valence-corrected chi connectivity index (χ4v) is 3.09. The van der Waals surface area contributed by atoms with Crippen LogP contribution in [0.1, 0.15) is 25.8 Å². The van der Waals surface area contributed by atoms with E-state index in [0.717, 1.165) is 24.3 Å². The summed E-state index contributed by atoms with van der Waals surface area (Å²) in [4.78, 5) is 2.36. The van der Waals surface area contributed by atoms with Crippen LogP contribution < -0.4 is 4.90 Å². The SMILES string of the molecule is CC1CC(C)CN(c2cccc(Cl)c2CO)C1. The highest BCUT2D eigenvalue weighted by atomic mass is 35.5. The van der Waals surface area contributed by atoms with E-state index in [4.69, 9.17) is 11.6 Å². The fourth-order valence-electron chi connectivity index (χ4n) is 2.86. The molecule has 1 saturated heterocycles. The van der Waals surface area contributed by atoms with Gasteiger partial charge in [0.15, 0.2) is 0 Å². The summed E-state index contributed by atoms with van der Waals surface area (Å²) in [6.07, 6.45) is 1.28. The Labute approximate surface area is 108 Å². The van der Waals surface area contributed by atoms with E-state index in [1.54, 1.807) is 0 Å².